The number of halogens is 1. The van der Waals surface area contributed by atoms with Gasteiger partial charge >= 0.3 is 0 Å². The average Bonchev–Trinajstić information content (AvgIpc) is 3.22. The summed E-state index contributed by atoms with van der Waals surface area (Å²) in [5.41, 5.74) is 4.03. The molecule has 6 nitrogen and oxygen atoms in total. The minimum absolute atomic E-state index is 0.156. The normalized spacial score (nSPS) is 15.2. The maximum Gasteiger partial charge on any atom is 0.277 e. The summed E-state index contributed by atoms with van der Waals surface area (Å²) in [6, 6.07) is 12.7. The van der Waals surface area contributed by atoms with Gasteiger partial charge in [-0.15, -0.1) is 0 Å². The zero-order chi connectivity index (χ0) is 21.8. The maximum absolute atomic E-state index is 13.9. The Balaban J connectivity index is 1.28. The number of nitrogens with one attached hydrogen (secondary N) is 1. The Bertz CT molecular complexity index is 1060. The summed E-state index contributed by atoms with van der Waals surface area (Å²) in [5.74, 6) is 0.0806. The van der Waals surface area contributed by atoms with E-state index in [4.69, 9.17) is 4.42 Å². The summed E-state index contributed by atoms with van der Waals surface area (Å²) in [5, 5.41) is 2.86. The van der Waals surface area contributed by atoms with E-state index in [1.807, 2.05) is 44.2 Å². The van der Waals surface area contributed by atoms with Crippen LogP contribution in [0.2, 0.25) is 0 Å². The van der Waals surface area contributed by atoms with Crippen molar-refractivity contribution in [3.05, 3.63) is 82.8 Å². The van der Waals surface area contributed by atoms with E-state index in [2.05, 4.69) is 20.1 Å². The first kappa shape index (κ1) is 21.2. The van der Waals surface area contributed by atoms with E-state index in [9.17, 15) is 9.18 Å². The third kappa shape index (κ3) is 5.37. The van der Waals surface area contributed by atoms with Crippen LogP contribution in [0.1, 0.15) is 33.1 Å². The first-order valence-corrected chi connectivity index (χ1v) is 10.5. The second-order valence-electron chi connectivity index (χ2n) is 8.02. The summed E-state index contributed by atoms with van der Waals surface area (Å²) in [7, 11) is 0. The minimum atomic E-state index is -0.284. The van der Waals surface area contributed by atoms with E-state index in [1.54, 1.807) is 6.07 Å². The second-order valence-corrected chi connectivity index (χ2v) is 8.02. The predicted octanol–water partition coefficient (Wildman–Crippen LogP) is 4.00. The van der Waals surface area contributed by atoms with Crippen LogP contribution in [-0.4, -0.2) is 46.9 Å². The van der Waals surface area contributed by atoms with Crippen LogP contribution in [0.4, 0.5) is 10.1 Å². The lowest BCUT2D eigenvalue weighted by atomic mass is 10.1. The van der Waals surface area contributed by atoms with Crippen molar-refractivity contribution in [2.45, 2.75) is 26.9 Å². The Morgan fingerprint density at radius 3 is 2.45 bits per heavy atom. The number of aromatic nitrogens is 1. The Labute approximate surface area is 181 Å². The molecule has 1 N–H and O–H groups in total. The third-order valence-corrected chi connectivity index (χ3v) is 5.72. The van der Waals surface area contributed by atoms with Gasteiger partial charge in [0.2, 0.25) is 5.89 Å². The standard InChI is InChI=1S/C24H27FN4O2/c1-17-7-8-20(13-18(17)2)26-24(30)22-16-31-23(27-22)15-29-11-9-28(10-12-29)14-19-5-3-4-6-21(19)25/h3-8,13,16H,9-12,14-15H2,1-2H3,(H,26,30). The molecule has 1 aliphatic rings. The second kappa shape index (κ2) is 9.41. The Kier molecular flexibility index (Phi) is 6.44. The number of carbonyl (C=O) groups is 1. The quantitative estimate of drug-likeness (QED) is 0.651. The van der Waals surface area contributed by atoms with Crippen molar-refractivity contribution in [2.24, 2.45) is 0 Å². The number of amides is 1. The molecule has 0 bridgehead atoms. The zero-order valence-electron chi connectivity index (χ0n) is 17.9. The lowest BCUT2D eigenvalue weighted by Crippen LogP contribution is -2.45. The van der Waals surface area contributed by atoms with E-state index in [1.165, 1.54) is 17.9 Å². The van der Waals surface area contributed by atoms with Crippen LogP contribution >= 0.6 is 0 Å². The van der Waals surface area contributed by atoms with Crippen molar-refractivity contribution in [1.29, 1.82) is 0 Å². The number of aryl methyl sites for hydroxylation is 2. The highest BCUT2D eigenvalue weighted by Crippen LogP contribution is 2.16. The van der Waals surface area contributed by atoms with Gasteiger partial charge in [-0.25, -0.2) is 9.37 Å². The van der Waals surface area contributed by atoms with Crippen LogP contribution in [0.5, 0.6) is 0 Å². The summed E-state index contributed by atoms with van der Waals surface area (Å²) < 4.78 is 19.4. The molecule has 0 unspecified atom stereocenters. The number of carbonyl (C=O) groups excluding carboxylic acids is 1. The van der Waals surface area contributed by atoms with Crippen molar-refractivity contribution in [3.63, 3.8) is 0 Å². The largest absolute Gasteiger partial charge is 0.447 e. The highest BCUT2D eigenvalue weighted by molar-refractivity contribution is 6.02. The first-order valence-electron chi connectivity index (χ1n) is 10.5. The molecule has 1 amide bonds. The van der Waals surface area contributed by atoms with Gasteiger partial charge in [0.05, 0.1) is 6.54 Å². The van der Waals surface area contributed by atoms with Crippen molar-refractivity contribution < 1.29 is 13.6 Å². The lowest BCUT2D eigenvalue weighted by molar-refractivity contribution is 0.102. The average molecular weight is 423 g/mol. The summed E-state index contributed by atoms with van der Waals surface area (Å²) in [4.78, 5) is 21.3. The molecule has 162 valence electrons. The van der Waals surface area contributed by atoms with Gasteiger partial charge < -0.3 is 9.73 Å². The van der Waals surface area contributed by atoms with Crippen LogP contribution < -0.4 is 5.32 Å². The SMILES string of the molecule is Cc1ccc(NC(=O)c2coc(CN3CCN(Cc4ccccc4F)CC3)n2)cc1C. The number of benzene rings is 2. The number of nitrogens with zero attached hydrogens (tertiary/aromatic N) is 3. The summed E-state index contributed by atoms with van der Waals surface area (Å²) >= 11 is 0. The Hall–Kier alpha value is -3.03. The number of piperazine rings is 1. The fourth-order valence-electron chi connectivity index (χ4n) is 3.67. The molecule has 1 aromatic heterocycles. The molecule has 1 aliphatic heterocycles. The van der Waals surface area contributed by atoms with E-state index >= 15 is 0 Å². The number of rotatable bonds is 6. The van der Waals surface area contributed by atoms with Crippen molar-refractivity contribution in [3.8, 4) is 0 Å². The zero-order valence-corrected chi connectivity index (χ0v) is 17.9. The number of hydrogen-bond donors (Lipinski definition) is 1. The van der Waals surface area contributed by atoms with Gasteiger partial charge in [-0.2, -0.15) is 0 Å². The number of hydrogen-bond acceptors (Lipinski definition) is 5. The smallest absolute Gasteiger partial charge is 0.277 e. The van der Waals surface area contributed by atoms with Crippen LogP contribution in [0, 0.1) is 19.7 Å². The Morgan fingerprint density at radius 2 is 1.74 bits per heavy atom. The van der Waals surface area contributed by atoms with Crippen LogP contribution in [-0.2, 0) is 13.1 Å². The van der Waals surface area contributed by atoms with Gasteiger partial charge in [0.25, 0.3) is 5.91 Å². The van der Waals surface area contributed by atoms with E-state index in [0.717, 1.165) is 43.0 Å². The van der Waals surface area contributed by atoms with Crippen molar-refractivity contribution in [1.82, 2.24) is 14.8 Å². The molecule has 0 atom stereocenters. The molecule has 7 heteroatoms. The van der Waals surface area contributed by atoms with Crippen molar-refractivity contribution in [2.75, 3.05) is 31.5 Å². The number of anilines is 1. The number of oxazole rings is 1. The van der Waals surface area contributed by atoms with E-state index in [0.29, 0.717) is 19.0 Å². The first-order chi connectivity index (χ1) is 15.0. The molecule has 3 aromatic rings. The molecule has 1 saturated heterocycles. The molecular formula is C24H27FN4O2. The van der Waals surface area contributed by atoms with Crippen LogP contribution in [0.3, 0.4) is 0 Å². The predicted molar refractivity (Wildman–Crippen MR) is 117 cm³/mol. The highest BCUT2D eigenvalue weighted by Gasteiger charge is 2.20. The summed E-state index contributed by atoms with van der Waals surface area (Å²) in [6.45, 7) is 8.55. The van der Waals surface area contributed by atoms with Gasteiger partial charge in [0, 0.05) is 44.0 Å². The van der Waals surface area contributed by atoms with E-state index in [-0.39, 0.29) is 17.4 Å². The van der Waals surface area contributed by atoms with Gasteiger partial charge in [-0.05, 0) is 43.2 Å². The molecule has 2 aromatic carbocycles. The molecule has 0 radical (unpaired) electrons. The minimum Gasteiger partial charge on any atom is -0.447 e. The third-order valence-electron chi connectivity index (χ3n) is 5.72. The van der Waals surface area contributed by atoms with Crippen LogP contribution in [0.15, 0.2) is 53.1 Å². The monoisotopic (exact) mass is 422 g/mol. The molecular weight excluding hydrogens is 395 g/mol. The summed E-state index contributed by atoms with van der Waals surface area (Å²) in [6.07, 6.45) is 1.40. The Morgan fingerprint density at radius 1 is 1.03 bits per heavy atom. The molecule has 1 fully saturated rings. The molecule has 4 rings (SSSR count). The molecule has 0 aliphatic carbocycles. The lowest BCUT2D eigenvalue weighted by Gasteiger charge is -2.34. The fraction of sp³-hybridized carbons (Fsp3) is 0.333. The van der Waals surface area contributed by atoms with Crippen LogP contribution in [0.25, 0.3) is 0 Å². The van der Waals surface area contributed by atoms with Gasteiger partial charge in [-0.3, -0.25) is 14.6 Å². The topological polar surface area (TPSA) is 61.6 Å². The van der Waals surface area contributed by atoms with Gasteiger partial charge in [-0.1, -0.05) is 24.3 Å². The molecule has 31 heavy (non-hydrogen) atoms. The highest BCUT2D eigenvalue weighted by atomic mass is 19.1. The fourth-order valence-corrected chi connectivity index (χ4v) is 3.67. The van der Waals surface area contributed by atoms with Gasteiger partial charge in [0.15, 0.2) is 5.69 Å². The van der Waals surface area contributed by atoms with Crippen molar-refractivity contribution >= 4 is 11.6 Å². The van der Waals surface area contributed by atoms with E-state index < -0.39 is 0 Å². The molecule has 2 heterocycles. The molecule has 0 saturated carbocycles. The maximum atomic E-state index is 13.9. The van der Waals surface area contributed by atoms with Gasteiger partial charge in [0.1, 0.15) is 12.1 Å². The molecule has 0 spiro atoms.